The first kappa shape index (κ1) is 15.0. The number of Topliss-reactive ketones (excluding diaryl/α,β-unsaturated/α-hetero) is 1. The average molecular weight is 296 g/mol. The van der Waals surface area contributed by atoms with E-state index in [1.54, 1.807) is 12.2 Å². The third-order valence-electron chi connectivity index (χ3n) is 3.35. The van der Waals surface area contributed by atoms with Crippen LogP contribution in [0.25, 0.3) is 6.08 Å². The van der Waals surface area contributed by atoms with Gasteiger partial charge in [0.25, 0.3) is 0 Å². The van der Waals surface area contributed by atoms with E-state index in [9.17, 15) is 10.1 Å². The smallest absolute Gasteiger partial charge is 0.205 e. The van der Waals surface area contributed by atoms with Gasteiger partial charge in [-0.15, -0.1) is 6.58 Å². The second-order valence-corrected chi connectivity index (χ2v) is 5.52. The zero-order valence-corrected chi connectivity index (χ0v) is 12.9. The highest BCUT2D eigenvalue weighted by atomic mass is 32.1. The van der Waals surface area contributed by atoms with Gasteiger partial charge in [0.1, 0.15) is 11.6 Å². The van der Waals surface area contributed by atoms with Crippen LogP contribution in [0.4, 0.5) is 0 Å². The molecule has 0 fully saturated rings. The molecule has 0 N–H and O–H groups in total. The van der Waals surface area contributed by atoms with Crippen LogP contribution in [0.5, 0.6) is 0 Å². The average Bonchev–Trinajstić information content (AvgIpc) is 3.07. The third-order valence-corrected chi connectivity index (χ3v) is 4.05. The van der Waals surface area contributed by atoms with Gasteiger partial charge in [0, 0.05) is 23.5 Å². The van der Waals surface area contributed by atoms with Crippen LogP contribution in [0, 0.1) is 25.2 Å². The summed E-state index contributed by atoms with van der Waals surface area (Å²) in [6.45, 7) is 8.22. The Bertz CT molecular complexity index is 743. The SMILES string of the molecule is C=CCn1c(C)cc(C(=O)/C(C#N)=C/c2ccsc2)c1C. The summed E-state index contributed by atoms with van der Waals surface area (Å²) in [4.78, 5) is 12.6. The highest BCUT2D eigenvalue weighted by molar-refractivity contribution is 7.08. The summed E-state index contributed by atoms with van der Waals surface area (Å²) in [5.41, 5.74) is 3.47. The summed E-state index contributed by atoms with van der Waals surface area (Å²) in [6.07, 6.45) is 3.43. The maximum Gasteiger partial charge on any atom is 0.205 e. The van der Waals surface area contributed by atoms with Crippen LogP contribution in [0.2, 0.25) is 0 Å². The van der Waals surface area contributed by atoms with Crippen molar-refractivity contribution < 1.29 is 4.79 Å². The summed E-state index contributed by atoms with van der Waals surface area (Å²) in [5.74, 6) is -0.230. The number of carbonyl (C=O) groups excluding carboxylic acids is 1. The summed E-state index contributed by atoms with van der Waals surface area (Å²) in [5, 5.41) is 13.1. The fourth-order valence-electron chi connectivity index (χ4n) is 2.26. The first-order chi connectivity index (χ1) is 10.1. The number of carbonyl (C=O) groups is 1. The number of nitriles is 1. The molecule has 0 amide bonds. The zero-order chi connectivity index (χ0) is 15.4. The molecule has 4 heteroatoms. The van der Waals surface area contributed by atoms with E-state index in [-0.39, 0.29) is 11.4 Å². The Kier molecular flexibility index (Phi) is 4.56. The molecular weight excluding hydrogens is 280 g/mol. The van der Waals surface area contributed by atoms with Gasteiger partial charge in [-0.3, -0.25) is 4.79 Å². The molecule has 106 valence electrons. The highest BCUT2D eigenvalue weighted by Crippen LogP contribution is 2.20. The van der Waals surface area contributed by atoms with Crippen molar-refractivity contribution in [1.82, 2.24) is 4.57 Å². The number of aromatic nitrogens is 1. The first-order valence-electron chi connectivity index (χ1n) is 6.54. The molecule has 0 aliphatic heterocycles. The van der Waals surface area contributed by atoms with Gasteiger partial charge >= 0.3 is 0 Å². The molecule has 0 saturated heterocycles. The molecule has 2 rings (SSSR count). The molecule has 3 nitrogen and oxygen atoms in total. The zero-order valence-electron chi connectivity index (χ0n) is 12.1. The van der Waals surface area contributed by atoms with E-state index in [1.807, 2.05) is 47.4 Å². The molecule has 0 saturated carbocycles. The fraction of sp³-hybridized carbons (Fsp3) is 0.176. The van der Waals surface area contributed by atoms with E-state index < -0.39 is 0 Å². The molecule has 0 radical (unpaired) electrons. The van der Waals surface area contributed by atoms with Crippen LogP contribution in [-0.4, -0.2) is 10.4 Å². The Morgan fingerprint density at radius 1 is 1.52 bits per heavy atom. The summed E-state index contributed by atoms with van der Waals surface area (Å²) in [6, 6.07) is 5.73. The van der Waals surface area contributed by atoms with Crippen molar-refractivity contribution in [3.8, 4) is 6.07 Å². The third kappa shape index (κ3) is 3.04. The van der Waals surface area contributed by atoms with Gasteiger partial charge in [-0.05, 0) is 48.4 Å². The van der Waals surface area contributed by atoms with Gasteiger partial charge in [0.05, 0.1) is 0 Å². The molecule has 21 heavy (non-hydrogen) atoms. The van der Waals surface area contributed by atoms with Crippen molar-refractivity contribution in [3.63, 3.8) is 0 Å². The van der Waals surface area contributed by atoms with Gasteiger partial charge in [-0.2, -0.15) is 16.6 Å². The minimum absolute atomic E-state index is 0.159. The maximum absolute atomic E-state index is 12.6. The normalized spacial score (nSPS) is 11.2. The number of nitrogens with zero attached hydrogens (tertiary/aromatic N) is 2. The van der Waals surface area contributed by atoms with Crippen LogP contribution < -0.4 is 0 Å². The molecule has 2 aromatic rings. The van der Waals surface area contributed by atoms with Gasteiger partial charge in [0.2, 0.25) is 5.78 Å². The minimum Gasteiger partial charge on any atom is -0.345 e. The predicted octanol–water partition coefficient (Wildman–Crippen LogP) is 4.14. The van der Waals surface area contributed by atoms with Gasteiger partial charge < -0.3 is 4.57 Å². The molecule has 0 aromatic carbocycles. The van der Waals surface area contributed by atoms with Crippen LogP contribution in [0.15, 0.2) is 41.1 Å². The molecular formula is C17H16N2OS. The molecule has 0 aliphatic carbocycles. The second kappa shape index (κ2) is 6.38. The lowest BCUT2D eigenvalue weighted by molar-refractivity contribution is 0.103. The molecule has 2 heterocycles. The Morgan fingerprint density at radius 3 is 2.86 bits per heavy atom. The standard InChI is InChI=1S/C17H16N2OS/c1-4-6-19-12(2)8-16(13(19)3)17(20)15(10-18)9-14-5-7-21-11-14/h4-5,7-9,11H,1,6H2,2-3H3/b15-9+. The number of ketones is 1. The number of hydrogen-bond donors (Lipinski definition) is 0. The van der Waals surface area contributed by atoms with Crippen molar-refractivity contribution in [2.45, 2.75) is 20.4 Å². The van der Waals surface area contributed by atoms with Crippen LogP contribution in [0.3, 0.4) is 0 Å². The Morgan fingerprint density at radius 2 is 2.29 bits per heavy atom. The quantitative estimate of drug-likeness (QED) is 0.360. The molecule has 0 spiro atoms. The summed E-state index contributed by atoms with van der Waals surface area (Å²) < 4.78 is 2.01. The molecule has 0 aliphatic rings. The highest BCUT2D eigenvalue weighted by Gasteiger charge is 2.18. The lowest BCUT2D eigenvalue weighted by atomic mass is 10.0. The van der Waals surface area contributed by atoms with Gasteiger partial charge in [0.15, 0.2) is 0 Å². The Balaban J connectivity index is 2.42. The molecule has 0 atom stereocenters. The van der Waals surface area contributed by atoms with E-state index >= 15 is 0 Å². The topological polar surface area (TPSA) is 45.8 Å². The largest absolute Gasteiger partial charge is 0.345 e. The van der Waals surface area contributed by atoms with Crippen molar-refractivity contribution in [1.29, 1.82) is 5.26 Å². The van der Waals surface area contributed by atoms with Crippen molar-refractivity contribution in [2.24, 2.45) is 0 Å². The lowest BCUT2D eigenvalue weighted by Gasteiger charge is -2.05. The Hall–Kier alpha value is -2.38. The van der Waals surface area contributed by atoms with E-state index in [4.69, 9.17) is 0 Å². The molecule has 0 bridgehead atoms. The summed E-state index contributed by atoms with van der Waals surface area (Å²) >= 11 is 1.54. The number of rotatable bonds is 5. The first-order valence-corrected chi connectivity index (χ1v) is 7.49. The monoisotopic (exact) mass is 296 g/mol. The van der Waals surface area contributed by atoms with Crippen molar-refractivity contribution >= 4 is 23.2 Å². The van der Waals surface area contributed by atoms with E-state index in [1.165, 1.54) is 11.3 Å². The van der Waals surface area contributed by atoms with Gasteiger partial charge in [-0.25, -0.2) is 0 Å². The number of allylic oxidation sites excluding steroid dienone is 2. The molecule has 2 aromatic heterocycles. The van der Waals surface area contributed by atoms with E-state index in [2.05, 4.69) is 6.58 Å². The van der Waals surface area contributed by atoms with E-state index in [0.717, 1.165) is 17.0 Å². The summed E-state index contributed by atoms with van der Waals surface area (Å²) in [7, 11) is 0. The number of thiophene rings is 1. The number of hydrogen-bond acceptors (Lipinski definition) is 3. The van der Waals surface area contributed by atoms with Gasteiger partial charge in [-0.1, -0.05) is 6.08 Å². The van der Waals surface area contributed by atoms with Crippen molar-refractivity contribution in [3.05, 3.63) is 63.6 Å². The Labute approximate surface area is 128 Å². The fourth-order valence-corrected chi connectivity index (χ4v) is 2.88. The van der Waals surface area contributed by atoms with Crippen LogP contribution in [0.1, 0.15) is 27.3 Å². The van der Waals surface area contributed by atoms with E-state index in [0.29, 0.717) is 12.1 Å². The lowest BCUT2D eigenvalue weighted by Crippen LogP contribution is -2.05. The van der Waals surface area contributed by atoms with Crippen LogP contribution in [-0.2, 0) is 6.54 Å². The predicted molar refractivity (Wildman–Crippen MR) is 86.3 cm³/mol. The van der Waals surface area contributed by atoms with Crippen LogP contribution >= 0.6 is 11.3 Å². The maximum atomic E-state index is 12.6. The minimum atomic E-state index is -0.230. The second-order valence-electron chi connectivity index (χ2n) is 4.74. The molecule has 0 unspecified atom stereocenters. The number of aryl methyl sites for hydroxylation is 1. The van der Waals surface area contributed by atoms with Crippen molar-refractivity contribution in [2.75, 3.05) is 0 Å².